The average molecular weight is 1030 g/mol. The normalized spacial score (nSPS) is 12.0. The lowest BCUT2D eigenvalue weighted by Crippen LogP contribution is -2.30. The molecule has 1 atom stereocenters. The maximum absolute atomic E-state index is 12.9. The van der Waals surface area contributed by atoms with Gasteiger partial charge in [-0.25, -0.2) is 0 Å². The highest BCUT2D eigenvalue weighted by Crippen LogP contribution is 2.18. The van der Waals surface area contributed by atoms with Crippen LogP contribution >= 0.6 is 0 Å². The Morgan fingerprint density at radius 1 is 0.260 bits per heavy atom. The molecule has 0 aliphatic carbocycles. The maximum Gasteiger partial charge on any atom is 0.306 e. The summed E-state index contributed by atoms with van der Waals surface area (Å²) in [5, 5.41) is 0. The van der Waals surface area contributed by atoms with Crippen LogP contribution in [0.1, 0.15) is 380 Å². The second-order valence-electron chi connectivity index (χ2n) is 22.7. The summed E-state index contributed by atoms with van der Waals surface area (Å²) in [5.41, 5.74) is 0. The second-order valence-corrected chi connectivity index (χ2v) is 22.7. The number of carbonyl (C=O) groups excluding carboxylic acids is 3. The molecule has 0 rings (SSSR count). The van der Waals surface area contributed by atoms with E-state index in [4.69, 9.17) is 14.2 Å². The number of allylic oxidation sites excluding steroid dienone is 2. The largest absolute Gasteiger partial charge is 0.462 e. The standard InChI is InChI=1S/C67H128O6/c1-4-7-10-13-16-19-22-25-28-29-30-31-32-33-34-35-36-37-40-42-45-48-51-54-57-60-66(69)72-63-64(73-67(70)61-58-55-52-49-46-43-39-27-24-21-18-15-12-9-6-3)62-71-65(68)59-56-53-50-47-44-41-38-26-23-20-17-14-11-8-5-2/h29-30,64H,4-28,31-63H2,1-3H3/b30-29-. The van der Waals surface area contributed by atoms with Crippen LogP contribution in [0.5, 0.6) is 0 Å². The zero-order valence-electron chi connectivity index (χ0n) is 49.7. The summed E-state index contributed by atoms with van der Waals surface area (Å²) in [6.45, 7) is 6.72. The zero-order chi connectivity index (χ0) is 52.9. The molecule has 1 unspecified atom stereocenters. The van der Waals surface area contributed by atoms with Gasteiger partial charge in [0, 0.05) is 19.3 Å². The number of hydrogen-bond acceptors (Lipinski definition) is 6. The van der Waals surface area contributed by atoms with Gasteiger partial charge in [0.25, 0.3) is 0 Å². The van der Waals surface area contributed by atoms with Crippen LogP contribution in [0.4, 0.5) is 0 Å². The van der Waals surface area contributed by atoms with Gasteiger partial charge in [-0.1, -0.05) is 328 Å². The number of hydrogen-bond donors (Lipinski definition) is 0. The van der Waals surface area contributed by atoms with Gasteiger partial charge in [0.1, 0.15) is 13.2 Å². The van der Waals surface area contributed by atoms with Crippen LogP contribution in [-0.4, -0.2) is 37.2 Å². The highest BCUT2D eigenvalue weighted by atomic mass is 16.6. The summed E-state index contributed by atoms with van der Waals surface area (Å²) < 4.78 is 17.0. The second kappa shape index (κ2) is 62.7. The van der Waals surface area contributed by atoms with E-state index in [2.05, 4.69) is 32.9 Å². The van der Waals surface area contributed by atoms with Crippen molar-refractivity contribution in [2.24, 2.45) is 0 Å². The van der Waals surface area contributed by atoms with Crippen molar-refractivity contribution in [2.45, 2.75) is 386 Å². The molecular weight excluding hydrogens is 901 g/mol. The van der Waals surface area contributed by atoms with Crippen LogP contribution < -0.4 is 0 Å². The Balaban J connectivity index is 4.21. The Kier molecular flexibility index (Phi) is 61.1. The third-order valence-electron chi connectivity index (χ3n) is 15.3. The lowest BCUT2D eigenvalue weighted by molar-refractivity contribution is -0.167. The molecule has 432 valence electrons. The lowest BCUT2D eigenvalue weighted by Gasteiger charge is -2.18. The predicted octanol–water partition coefficient (Wildman–Crippen LogP) is 22.4. The first-order valence-electron chi connectivity index (χ1n) is 33.2. The fourth-order valence-electron chi connectivity index (χ4n) is 10.3. The van der Waals surface area contributed by atoms with E-state index in [-0.39, 0.29) is 31.1 Å². The molecule has 0 heterocycles. The van der Waals surface area contributed by atoms with E-state index in [0.717, 1.165) is 57.8 Å². The Labute approximate surface area is 456 Å². The van der Waals surface area contributed by atoms with E-state index < -0.39 is 6.10 Å². The van der Waals surface area contributed by atoms with Crippen LogP contribution in [0.2, 0.25) is 0 Å². The molecule has 6 heteroatoms. The van der Waals surface area contributed by atoms with Crippen molar-refractivity contribution in [3.05, 3.63) is 12.2 Å². The molecule has 6 nitrogen and oxygen atoms in total. The summed E-state index contributed by atoms with van der Waals surface area (Å²) in [4.78, 5) is 38.3. The fraction of sp³-hybridized carbons (Fsp3) is 0.925. The number of esters is 3. The van der Waals surface area contributed by atoms with E-state index in [0.29, 0.717) is 19.3 Å². The molecule has 0 aromatic carbocycles. The van der Waals surface area contributed by atoms with E-state index in [9.17, 15) is 14.4 Å². The molecule has 0 aliphatic heterocycles. The predicted molar refractivity (Wildman–Crippen MR) is 317 cm³/mol. The van der Waals surface area contributed by atoms with Gasteiger partial charge in [-0.15, -0.1) is 0 Å². The minimum Gasteiger partial charge on any atom is -0.462 e. The van der Waals surface area contributed by atoms with Crippen molar-refractivity contribution >= 4 is 17.9 Å². The third kappa shape index (κ3) is 60.9. The van der Waals surface area contributed by atoms with Crippen LogP contribution in [0.15, 0.2) is 12.2 Å². The molecule has 0 saturated carbocycles. The summed E-state index contributed by atoms with van der Waals surface area (Å²) in [6.07, 6.45) is 73.7. The Hall–Kier alpha value is -1.85. The smallest absolute Gasteiger partial charge is 0.306 e. The van der Waals surface area contributed by atoms with E-state index in [1.165, 1.54) is 283 Å². The number of ether oxygens (including phenoxy) is 3. The van der Waals surface area contributed by atoms with Crippen molar-refractivity contribution in [1.29, 1.82) is 0 Å². The third-order valence-corrected chi connectivity index (χ3v) is 15.3. The Morgan fingerprint density at radius 3 is 0.685 bits per heavy atom. The monoisotopic (exact) mass is 1030 g/mol. The molecule has 0 saturated heterocycles. The molecule has 0 radical (unpaired) electrons. The molecule has 0 aromatic heterocycles. The highest BCUT2D eigenvalue weighted by molar-refractivity contribution is 5.71. The first kappa shape index (κ1) is 71.2. The van der Waals surface area contributed by atoms with Crippen molar-refractivity contribution in [3.8, 4) is 0 Å². The minimum absolute atomic E-state index is 0.0627. The van der Waals surface area contributed by atoms with Gasteiger partial charge in [-0.2, -0.15) is 0 Å². The molecule has 0 fully saturated rings. The van der Waals surface area contributed by atoms with Crippen LogP contribution in [0, 0.1) is 0 Å². The number of carbonyl (C=O) groups is 3. The van der Waals surface area contributed by atoms with E-state index in [1.807, 2.05) is 0 Å². The van der Waals surface area contributed by atoms with Crippen molar-refractivity contribution in [2.75, 3.05) is 13.2 Å². The van der Waals surface area contributed by atoms with Crippen molar-refractivity contribution in [1.82, 2.24) is 0 Å². The summed E-state index contributed by atoms with van der Waals surface area (Å²) in [5.74, 6) is -0.830. The topological polar surface area (TPSA) is 78.9 Å². The summed E-state index contributed by atoms with van der Waals surface area (Å²) >= 11 is 0. The minimum atomic E-state index is -0.765. The van der Waals surface area contributed by atoms with Gasteiger partial charge < -0.3 is 14.2 Å². The first-order valence-corrected chi connectivity index (χ1v) is 33.2. The molecule has 0 N–H and O–H groups in total. The molecular formula is C67H128O6. The van der Waals surface area contributed by atoms with Gasteiger partial charge >= 0.3 is 17.9 Å². The van der Waals surface area contributed by atoms with Gasteiger partial charge in [0.05, 0.1) is 0 Å². The highest BCUT2D eigenvalue weighted by Gasteiger charge is 2.19. The van der Waals surface area contributed by atoms with E-state index >= 15 is 0 Å². The van der Waals surface area contributed by atoms with Crippen LogP contribution in [0.3, 0.4) is 0 Å². The van der Waals surface area contributed by atoms with Crippen LogP contribution in [-0.2, 0) is 28.6 Å². The lowest BCUT2D eigenvalue weighted by atomic mass is 10.0. The van der Waals surface area contributed by atoms with Crippen LogP contribution in [0.25, 0.3) is 0 Å². The van der Waals surface area contributed by atoms with Crippen molar-refractivity contribution in [3.63, 3.8) is 0 Å². The molecule has 73 heavy (non-hydrogen) atoms. The first-order chi connectivity index (χ1) is 36.0. The SMILES string of the molecule is CCCCCCCCCC/C=C\CCCCCCCCCCCCCCCC(=O)OCC(COC(=O)CCCCCCCCCCCCCCCCC)OC(=O)CCCCCCCCCCCCCCCCC. The molecule has 0 aliphatic rings. The fourth-order valence-corrected chi connectivity index (χ4v) is 10.3. The molecule has 0 spiro atoms. The zero-order valence-corrected chi connectivity index (χ0v) is 49.7. The van der Waals surface area contributed by atoms with Crippen molar-refractivity contribution < 1.29 is 28.6 Å². The van der Waals surface area contributed by atoms with Gasteiger partial charge in [-0.05, 0) is 44.9 Å². The Morgan fingerprint density at radius 2 is 0.452 bits per heavy atom. The molecule has 0 amide bonds. The number of rotatable bonds is 62. The molecule has 0 bridgehead atoms. The average Bonchev–Trinajstić information content (AvgIpc) is 3.39. The maximum atomic E-state index is 12.9. The van der Waals surface area contributed by atoms with E-state index in [1.54, 1.807) is 0 Å². The molecule has 0 aromatic rings. The quantitative estimate of drug-likeness (QED) is 0.0261. The summed E-state index contributed by atoms with van der Waals surface area (Å²) in [6, 6.07) is 0. The van der Waals surface area contributed by atoms with Gasteiger partial charge in [0.2, 0.25) is 0 Å². The van der Waals surface area contributed by atoms with Gasteiger partial charge in [0.15, 0.2) is 6.10 Å². The van der Waals surface area contributed by atoms with Gasteiger partial charge in [-0.3, -0.25) is 14.4 Å². The number of unbranched alkanes of at least 4 members (excludes halogenated alkanes) is 49. The Bertz CT molecular complexity index is 1130. The summed E-state index contributed by atoms with van der Waals surface area (Å²) in [7, 11) is 0.